The van der Waals surface area contributed by atoms with Gasteiger partial charge in [0.05, 0.1) is 11.4 Å². The van der Waals surface area contributed by atoms with E-state index in [4.69, 9.17) is 15.5 Å². The van der Waals surface area contributed by atoms with Gasteiger partial charge >= 0.3 is 0 Å². The number of amides is 1. The van der Waals surface area contributed by atoms with Gasteiger partial charge in [-0.25, -0.2) is 4.99 Å². The van der Waals surface area contributed by atoms with Gasteiger partial charge in [-0.15, -0.1) is 0 Å². The lowest BCUT2D eigenvalue weighted by atomic mass is 10.0. The highest BCUT2D eigenvalue weighted by Gasteiger charge is 2.39. The number of carbonyl (C=O) groups is 1. The second-order valence-corrected chi connectivity index (χ2v) is 7.29. The van der Waals surface area contributed by atoms with Crippen molar-refractivity contribution in [1.82, 2.24) is 15.2 Å². The number of rotatable bonds is 5. The molecule has 1 unspecified atom stereocenters. The standard InChI is InChI=1S/C20H21N5O2/c21-19(26)17(12-1-2-12)24-16-11-27-10-14-5-8-25-18(14)15(16)9-23-20(25)13-3-6-22-7-4-13/h3-4,6-7,9,11-12,17,24H,1-2,5,8,10H2,(H2,21,26). The van der Waals surface area contributed by atoms with Crippen LogP contribution in [0.2, 0.25) is 0 Å². The lowest BCUT2D eigenvalue weighted by Gasteiger charge is -2.30. The molecule has 1 atom stereocenters. The van der Waals surface area contributed by atoms with Gasteiger partial charge in [-0.2, -0.15) is 0 Å². The molecular weight excluding hydrogens is 342 g/mol. The second kappa shape index (κ2) is 6.26. The van der Waals surface area contributed by atoms with E-state index in [-0.39, 0.29) is 11.9 Å². The van der Waals surface area contributed by atoms with Crippen molar-refractivity contribution < 1.29 is 9.53 Å². The highest BCUT2D eigenvalue weighted by Crippen LogP contribution is 2.39. The number of pyridine rings is 1. The number of aromatic nitrogens is 1. The zero-order valence-corrected chi connectivity index (χ0v) is 14.9. The highest BCUT2D eigenvalue weighted by molar-refractivity contribution is 6.02. The molecule has 0 saturated heterocycles. The number of nitrogens with zero attached hydrogens (tertiary/aromatic N) is 3. The minimum atomic E-state index is -0.372. The molecule has 1 fully saturated rings. The van der Waals surface area contributed by atoms with Crippen molar-refractivity contribution in [2.75, 3.05) is 13.2 Å². The van der Waals surface area contributed by atoms with E-state index in [1.807, 2.05) is 18.3 Å². The van der Waals surface area contributed by atoms with E-state index in [2.05, 4.69) is 15.2 Å². The number of hydrogen-bond acceptors (Lipinski definition) is 6. The summed E-state index contributed by atoms with van der Waals surface area (Å²) >= 11 is 0. The monoisotopic (exact) mass is 363 g/mol. The molecule has 1 aromatic heterocycles. The molecule has 1 saturated carbocycles. The van der Waals surface area contributed by atoms with Crippen LogP contribution in [0, 0.1) is 5.92 Å². The summed E-state index contributed by atoms with van der Waals surface area (Å²) < 4.78 is 5.79. The Morgan fingerprint density at radius 1 is 1.33 bits per heavy atom. The summed E-state index contributed by atoms with van der Waals surface area (Å²) in [7, 11) is 0. The fourth-order valence-corrected chi connectivity index (χ4v) is 3.96. The Bertz CT molecular complexity index is 912. The molecule has 7 nitrogen and oxygen atoms in total. The molecule has 1 amide bonds. The topological polar surface area (TPSA) is 92.8 Å². The van der Waals surface area contributed by atoms with Crippen molar-refractivity contribution in [3.8, 4) is 0 Å². The zero-order valence-electron chi connectivity index (χ0n) is 14.9. The van der Waals surface area contributed by atoms with Crippen molar-refractivity contribution in [3.63, 3.8) is 0 Å². The Kier molecular flexibility index (Phi) is 3.74. The summed E-state index contributed by atoms with van der Waals surface area (Å²) in [5, 5.41) is 3.33. The summed E-state index contributed by atoms with van der Waals surface area (Å²) in [5.41, 5.74) is 10.8. The zero-order chi connectivity index (χ0) is 18.4. The lowest BCUT2D eigenvalue weighted by Crippen LogP contribution is -2.43. The molecule has 3 aliphatic heterocycles. The van der Waals surface area contributed by atoms with Crippen LogP contribution in [0.1, 0.15) is 24.8 Å². The maximum Gasteiger partial charge on any atom is 0.240 e. The predicted molar refractivity (Wildman–Crippen MR) is 100 cm³/mol. The fraction of sp³-hybridized carbons (Fsp3) is 0.350. The third kappa shape index (κ3) is 2.79. The largest absolute Gasteiger partial charge is 0.495 e. The lowest BCUT2D eigenvalue weighted by molar-refractivity contribution is -0.120. The molecule has 3 N–H and O–H groups in total. The third-order valence-electron chi connectivity index (χ3n) is 5.47. The predicted octanol–water partition coefficient (Wildman–Crippen LogP) is 1.41. The third-order valence-corrected chi connectivity index (χ3v) is 5.47. The molecule has 138 valence electrons. The smallest absolute Gasteiger partial charge is 0.240 e. The van der Waals surface area contributed by atoms with E-state index < -0.39 is 0 Å². The number of nitrogens with one attached hydrogen (secondary N) is 1. The first-order valence-electron chi connectivity index (χ1n) is 9.28. The first-order valence-corrected chi connectivity index (χ1v) is 9.28. The van der Waals surface area contributed by atoms with E-state index in [9.17, 15) is 4.79 Å². The number of aliphatic imine (C=N–C) groups is 1. The maximum absolute atomic E-state index is 11.9. The Labute approximate surface area is 157 Å². The minimum absolute atomic E-state index is 0.305. The van der Waals surface area contributed by atoms with E-state index in [0.29, 0.717) is 12.5 Å². The van der Waals surface area contributed by atoms with Gasteiger partial charge < -0.3 is 20.7 Å². The fourth-order valence-electron chi connectivity index (χ4n) is 3.96. The van der Waals surface area contributed by atoms with Crippen molar-refractivity contribution in [1.29, 1.82) is 0 Å². The van der Waals surface area contributed by atoms with Crippen LogP contribution in [0.25, 0.3) is 0 Å². The van der Waals surface area contributed by atoms with E-state index in [1.165, 1.54) is 5.57 Å². The number of carbonyl (C=O) groups excluding carboxylic acids is 1. The molecule has 1 aliphatic carbocycles. The van der Waals surface area contributed by atoms with Gasteiger partial charge in [-0.05, 0) is 42.9 Å². The second-order valence-electron chi connectivity index (χ2n) is 7.29. The van der Waals surface area contributed by atoms with Crippen molar-refractivity contribution in [2.24, 2.45) is 16.6 Å². The molecule has 4 heterocycles. The molecule has 7 heteroatoms. The molecule has 0 aromatic carbocycles. The molecule has 5 rings (SSSR count). The average Bonchev–Trinajstić information content (AvgIpc) is 3.46. The van der Waals surface area contributed by atoms with Crippen LogP contribution in [0.4, 0.5) is 0 Å². The van der Waals surface area contributed by atoms with Crippen LogP contribution in [-0.4, -0.2) is 40.8 Å². The maximum atomic E-state index is 11.9. The number of hydrogen-bond donors (Lipinski definition) is 2. The van der Waals surface area contributed by atoms with Crippen LogP contribution in [0.3, 0.4) is 0 Å². The van der Waals surface area contributed by atoms with E-state index in [1.54, 1.807) is 18.7 Å². The van der Waals surface area contributed by atoms with Gasteiger partial charge in [-0.3, -0.25) is 9.78 Å². The van der Waals surface area contributed by atoms with Gasteiger partial charge in [0.1, 0.15) is 24.7 Å². The van der Waals surface area contributed by atoms with Crippen LogP contribution in [0.15, 0.2) is 64.5 Å². The van der Waals surface area contributed by atoms with Gasteiger partial charge in [0, 0.05) is 36.3 Å². The van der Waals surface area contributed by atoms with Gasteiger partial charge in [0.15, 0.2) is 0 Å². The van der Waals surface area contributed by atoms with Gasteiger partial charge in [0.2, 0.25) is 5.91 Å². The van der Waals surface area contributed by atoms with Crippen LogP contribution >= 0.6 is 0 Å². The first kappa shape index (κ1) is 16.1. The molecule has 1 aromatic rings. The van der Waals surface area contributed by atoms with Crippen LogP contribution in [-0.2, 0) is 9.53 Å². The summed E-state index contributed by atoms with van der Waals surface area (Å²) in [4.78, 5) is 23.0. The normalized spacial score (nSPS) is 22.1. The van der Waals surface area contributed by atoms with Gasteiger partial charge in [-0.1, -0.05) is 0 Å². The first-order chi connectivity index (χ1) is 13.2. The summed E-state index contributed by atoms with van der Waals surface area (Å²) in [6.45, 7) is 1.41. The Hall–Kier alpha value is -3.09. The molecule has 0 radical (unpaired) electrons. The molecule has 0 spiro atoms. The number of ether oxygens (including phenoxy) is 1. The molecule has 0 bridgehead atoms. The average molecular weight is 363 g/mol. The summed E-state index contributed by atoms with van der Waals surface area (Å²) in [5.74, 6) is 0.901. The van der Waals surface area contributed by atoms with Gasteiger partial charge in [0.25, 0.3) is 0 Å². The van der Waals surface area contributed by atoms with Crippen molar-refractivity contribution in [3.05, 3.63) is 65.1 Å². The summed E-state index contributed by atoms with van der Waals surface area (Å²) in [6.07, 6.45) is 10.1. The Balaban J connectivity index is 1.53. The van der Waals surface area contributed by atoms with E-state index in [0.717, 1.165) is 54.2 Å². The van der Waals surface area contributed by atoms with E-state index >= 15 is 0 Å². The van der Waals surface area contributed by atoms with Crippen LogP contribution in [0.5, 0.6) is 0 Å². The van der Waals surface area contributed by atoms with Crippen molar-refractivity contribution >= 4 is 11.7 Å². The molecule has 4 aliphatic rings. The SMILES string of the molecule is NC(=O)C(NC1=COCC2=C3C1=CN=C(c1ccncc1)N3CC2)C1CC1. The number of primary amides is 1. The number of nitrogens with two attached hydrogens (primary N) is 1. The highest BCUT2D eigenvalue weighted by atomic mass is 16.5. The Morgan fingerprint density at radius 3 is 2.89 bits per heavy atom. The molecule has 27 heavy (non-hydrogen) atoms. The van der Waals surface area contributed by atoms with Crippen LogP contribution < -0.4 is 11.1 Å². The minimum Gasteiger partial charge on any atom is -0.495 e. The van der Waals surface area contributed by atoms with Crippen molar-refractivity contribution in [2.45, 2.75) is 25.3 Å². The Morgan fingerprint density at radius 2 is 2.15 bits per heavy atom. The number of amidine groups is 1. The quantitative estimate of drug-likeness (QED) is 0.825. The molecular formula is C20H21N5O2. The summed E-state index contributed by atoms with van der Waals surface area (Å²) in [6, 6.07) is 3.56.